The number of carbonyl (C=O) groups excluding carboxylic acids is 4. The fourth-order valence-corrected chi connectivity index (χ4v) is 3.48. The first kappa shape index (κ1) is 62.4. The molecule has 0 aliphatic carbocycles. The van der Waals surface area contributed by atoms with Gasteiger partial charge in [0.15, 0.2) is 5.78 Å². The van der Waals surface area contributed by atoms with Gasteiger partial charge in [-0.1, -0.05) is 100.0 Å². The number of terminal acetylenes is 1. The second-order valence-electron chi connectivity index (χ2n) is 8.91. The van der Waals surface area contributed by atoms with E-state index in [9.17, 15) is 19.2 Å². The van der Waals surface area contributed by atoms with Crippen molar-refractivity contribution in [3.63, 3.8) is 0 Å². The summed E-state index contributed by atoms with van der Waals surface area (Å²) >= 11 is 0. The minimum absolute atomic E-state index is 0. The number of unbranched alkanes of at least 4 members (excludes halogenated alkanes) is 5. The van der Waals surface area contributed by atoms with Gasteiger partial charge in [-0.2, -0.15) is 0 Å². The molecule has 0 heterocycles. The van der Waals surface area contributed by atoms with Gasteiger partial charge >= 0.3 is 11.9 Å². The predicted molar refractivity (Wildman–Crippen MR) is 209 cm³/mol. The number of rotatable bonds is 17. The lowest BCUT2D eigenvalue weighted by molar-refractivity contribution is -0.138. The SMILES string of the molecule is C.C.C.C.C.C.C.C.C#CP.CC(=O)CCCCCCCCC(=O)OC(=O)c1ccc(OCCCOc2ccc(C(C)=O)cc2)cc1. The maximum absolute atomic E-state index is 12.2. The monoisotopic (exact) mass is 682 g/mol. The molecule has 0 amide bonds. The van der Waals surface area contributed by atoms with Crippen molar-refractivity contribution in [2.75, 3.05) is 13.2 Å². The molecule has 0 aromatic heterocycles. The third kappa shape index (κ3) is 30.9. The predicted octanol–water partition coefficient (Wildman–Crippen LogP) is 11.7. The van der Waals surface area contributed by atoms with E-state index in [0.29, 0.717) is 55.1 Å². The lowest BCUT2D eigenvalue weighted by Gasteiger charge is -2.09. The van der Waals surface area contributed by atoms with E-state index in [2.05, 4.69) is 21.3 Å². The molecular formula is C39H71O7P. The fraction of sp³-hybridized carbons (Fsp3) is 0.538. The molecule has 2 aromatic rings. The quantitative estimate of drug-likeness (QED) is 0.0409. The summed E-state index contributed by atoms with van der Waals surface area (Å²) < 4.78 is 16.2. The van der Waals surface area contributed by atoms with Gasteiger partial charge in [0.25, 0.3) is 0 Å². The summed E-state index contributed by atoms with van der Waals surface area (Å²) in [5, 5.41) is 0. The van der Waals surface area contributed by atoms with E-state index in [4.69, 9.17) is 14.2 Å². The molecule has 0 radical (unpaired) electrons. The number of carbonyl (C=O) groups is 4. The van der Waals surface area contributed by atoms with Crippen LogP contribution >= 0.6 is 9.24 Å². The topological polar surface area (TPSA) is 96.0 Å². The minimum atomic E-state index is -0.667. The van der Waals surface area contributed by atoms with E-state index in [1.54, 1.807) is 55.5 Å². The van der Waals surface area contributed by atoms with Gasteiger partial charge in [-0.25, -0.2) is 4.79 Å². The molecule has 2 aromatic carbocycles. The maximum Gasteiger partial charge on any atom is 0.345 e. The normalized spacial score (nSPS) is 8.21. The molecular weight excluding hydrogens is 611 g/mol. The first-order valence-corrected chi connectivity index (χ1v) is 13.7. The summed E-state index contributed by atoms with van der Waals surface area (Å²) in [4.78, 5) is 46.3. The van der Waals surface area contributed by atoms with Crippen LogP contribution in [0.5, 0.6) is 11.5 Å². The Balaban J connectivity index is -0.000000222. The highest BCUT2D eigenvalue weighted by atomic mass is 31.0. The Bertz CT molecular complexity index is 1070. The molecule has 0 aliphatic rings. The summed E-state index contributed by atoms with van der Waals surface area (Å²) in [6, 6.07) is 13.5. The largest absolute Gasteiger partial charge is 0.493 e. The maximum atomic E-state index is 12.2. The van der Waals surface area contributed by atoms with Crippen LogP contribution in [0.2, 0.25) is 0 Å². The van der Waals surface area contributed by atoms with Gasteiger partial charge in [-0.3, -0.25) is 9.59 Å². The molecule has 0 N–H and O–H groups in total. The lowest BCUT2D eigenvalue weighted by atomic mass is 10.1. The highest BCUT2D eigenvalue weighted by Gasteiger charge is 2.13. The Hall–Kier alpha value is -3.49. The van der Waals surface area contributed by atoms with Gasteiger partial charge in [0.05, 0.1) is 18.8 Å². The first-order valence-electron chi connectivity index (χ1n) is 13.1. The van der Waals surface area contributed by atoms with Crippen LogP contribution < -0.4 is 9.47 Å². The van der Waals surface area contributed by atoms with E-state index in [0.717, 1.165) is 32.1 Å². The first-order chi connectivity index (χ1) is 18.8. The average molecular weight is 683 g/mol. The Morgan fingerprint density at radius 1 is 0.596 bits per heavy atom. The van der Waals surface area contributed by atoms with Crippen molar-refractivity contribution in [1.29, 1.82) is 0 Å². The molecule has 274 valence electrons. The molecule has 0 aliphatic heterocycles. The van der Waals surface area contributed by atoms with Gasteiger partial charge in [0, 0.05) is 24.8 Å². The Morgan fingerprint density at radius 3 is 1.34 bits per heavy atom. The zero-order chi connectivity index (χ0) is 28.9. The average Bonchev–Trinajstić information content (AvgIpc) is 2.91. The van der Waals surface area contributed by atoms with Crippen molar-refractivity contribution in [3.05, 3.63) is 59.7 Å². The van der Waals surface area contributed by atoms with Crippen LogP contribution in [0.1, 0.15) is 152 Å². The molecule has 1 unspecified atom stereocenters. The third-order valence-electron chi connectivity index (χ3n) is 5.54. The third-order valence-corrected chi connectivity index (χ3v) is 5.54. The number of ketones is 2. The smallest absolute Gasteiger partial charge is 0.345 e. The molecule has 1 atom stereocenters. The molecule has 0 bridgehead atoms. The van der Waals surface area contributed by atoms with E-state index in [1.165, 1.54) is 6.92 Å². The van der Waals surface area contributed by atoms with Gasteiger partial charge in [0.1, 0.15) is 17.3 Å². The van der Waals surface area contributed by atoms with Crippen molar-refractivity contribution >= 4 is 32.7 Å². The van der Waals surface area contributed by atoms with Crippen LogP contribution in [0.15, 0.2) is 48.5 Å². The van der Waals surface area contributed by atoms with Crippen LogP contribution in [0.25, 0.3) is 0 Å². The van der Waals surface area contributed by atoms with Crippen LogP contribution in [0.4, 0.5) is 0 Å². The van der Waals surface area contributed by atoms with Crippen molar-refractivity contribution in [2.45, 2.75) is 131 Å². The summed E-state index contributed by atoms with van der Waals surface area (Å²) in [6.45, 7) is 4.03. The fourth-order valence-electron chi connectivity index (χ4n) is 3.48. The van der Waals surface area contributed by atoms with Gasteiger partial charge in [0.2, 0.25) is 0 Å². The molecule has 0 fully saturated rings. The number of hydrogen-bond acceptors (Lipinski definition) is 7. The van der Waals surface area contributed by atoms with Crippen molar-refractivity contribution < 1.29 is 33.4 Å². The molecule has 0 spiro atoms. The number of Topliss-reactive ketones (excluding diaryl/α,β-unsaturated/α-hetero) is 2. The summed E-state index contributed by atoms with van der Waals surface area (Å²) in [6.07, 6.45) is 11.6. The second kappa shape index (κ2) is 38.7. The van der Waals surface area contributed by atoms with E-state index in [1.807, 2.05) is 0 Å². The van der Waals surface area contributed by atoms with Gasteiger partial charge in [-0.15, -0.1) is 6.42 Å². The Kier molecular flexibility index (Phi) is 51.3. The van der Waals surface area contributed by atoms with Gasteiger partial charge < -0.3 is 19.0 Å². The molecule has 0 saturated heterocycles. The highest BCUT2D eigenvalue weighted by Crippen LogP contribution is 2.16. The molecule has 47 heavy (non-hydrogen) atoms. The Labute approximate surface area is 293 Å². The number of benzene rings is 2. The Morgan fingerprint density at radius 2 is 0.957 bits per heavy atom. The zero-order valence-corrected chi connectivity index (χ0v) is 24.1. The lowest BCUT2D eigenvalue weighted by Crippen LogP contribution is -2.12. The van der Waals surface area contributed by atoms with E-state index < -0.39 is 11.9 Å². The van der Waals surface area contributed by atoms with E-state index in [-0.39, 0.29) is 77.4 Å². The highest BCUT2D eigenvalue weighted by molar-refractivity contribution is 7.23. The van der Waals surface area contributed by atoms with Crippen LogP contribution in [-0.4, -0.2) is 36.7 Å². The molecule has 8 heteroatoms. The molecule has 7 nitrogen and oxygen atoms in total. The van der Waals surface area contributed by atoms with Crippen molar-refractivity contribution in [1.82, 2.24) is 0 Å². The molecule has 0 saturated carbocycles. The number of hydrogen-bond donors (Lipinski definition) is 0. The standard InChI is InChI=1S/C29H36O7.C2H3P.8CH4/c1-22(30)10-7-5-3-4-6-8-11-28(32)36-29(33)25-14-18-27(19-15-25)35-21-9-20-34-26-16-12-24(13-17-26)23(2)31;1-2-3;;;;;;;;/h12-19H,3-11,20-21H2,1-2H3;1H,3H2;8*1H4. The minimum Gasteiger partial charge on any atom is -0.493 e. The summed E-state index contributed by atoms with van der Waals surface area (Å²) in [5.41, 5.74) is 3.10. The van der Waals surface area contributed by atoms with E-state index >= 15 is 0 Å². The van der Waals surface area contributed by atoms with Crippen LogP contribution in [-0.2, 0) is 14.3 Å². The second-order valence-corrected chi connectivity index (χ2v) is 9.24. The van der Waals surface area contributed by atoms with Gasteiger partial charge in [-0.05, 0) is 75.2 Å². The zero-order valence-electron chi connectivity index (χ0n) is 22.9. The summed E-state index contributed by atoms with van der Waals surface area (Å²) in [5.74, 6) is 0.348. The van der Waals surface area contributed by atoms with Crippen molar-refractivity contribution in [2.24, 2.45) is 0 Å². The molecule has 2 rings (SSSR count). The van der Waals surface area contributed by atoms with Crippen LogP contribution in [0.3, 0.4) is 0 Å². The number of esters is 2. The van der Waals surface area contributed by atoms with Crippen LogP contribution in [0, 0.1) is 12.1 Å². The number of ether oxygens (including phenoxy) is 3. The summed E-state index contributed by atoms with van der Waals surface area (Å²) in [7, 11) is 2.11. The van der Waals surface area contributed by atoms with Crippen molar-refractivity contribution in [3.8, 4) is 23.6 Å².